The molecule has 186 valence electrons. The molecular formula is C27H47N5O. The highest BCUT2D eigenvalue weighted by atomic mass is 16.2. The number of hydrogen-bond acceptors (Lipinski definition) is 5. The van der Waals surface area contributed by atoms with Crippen LogP contribution in [0.5, 0.6) is 0 Å². The Balaban J connectivity index is 1.15. The second-order valence-electron chi connectivity index (χ2n) is 10.3. The van der Waals surface area contributed by atoms with E-state index in [9.17, 15) is 4.79 Å². The van der Waals surface area contributed by atoms with Gasteiger partial charge in [0.25, 0.3) is 0 Å². The Morgan fingerprint density at radius 2 is 1.70 bits per heavy atom. The van der Waals surface area contributed by atoms with Crippen molar-refractivity contribution in [3.05, 3.63) is 30.1 Å². The highest BCUT2D eigenvalue weighted by molar-refractivity contribution is 5.81. The molecule has 3 rings (SSSR count). The lowest BCUT2D eigenvalue weighted by molar-refractivity contribution is -0.123. The highest BCUT2D eigenvalue weighted by Gasteiger charge is 2.22. The summed E-state index contributed by atoms with van der Waals surface area (Å²) in [6, 6.07) is 6.43. The van der Waals surface area contributed by atoms with Gasteiger partial charge in [-0.3, -0.25) is 9.78 Å². The van der Waals surface area contributed by atoms with Gasteiger partial charge in [-0.1, -0.05) is 25.3 Å². The Hall–Kier alpha value is -1.50. The van der Waals surface area contributed by atoms with Crippen molar-refractivity contribution in [2.75, 3.05) is 26.2 Å². The molecule has 2 fully saturated rings. The van der Waals surface area contributed by atoms with Gasteiger partial charge in [-0.2, -0.15) is 0 Å². The fourth-order valence-electron chi connectivity index (χ4n) is 5.18. The molecule has 0 unspecified atom stereocenters. The summed E-state index contributed by atoms with van der Waals surface area (Å²) in [4.78, 5) is 16.7. The molecule has 0 aromatic carbocycles. The average Bonchev–Trinajstić information content (AvgIpc) is 2.87. The van der Waals surface area contributed by atoms with Crippen LogP contribution < -0.4 is 21.3 Å². The zero-order valence-corrected chi connectivity index (χ0v) is 20.8. The Morgan fingerprint density at radius 1 is 0.970 bits per heavy atom. The molecule has 33 heavy (non-hydrogen) atoms. The van der Waals surface area contributed by atoms with E-state index in [2.05, 4.69) is 26.3 Å². The summed E-state index contributed by atoms with van der Waals surface area (Å²) in [7, 11) is 0. The summed E-state index contributed by atoms with van der Waals surface area (Å²) in [6.07, 6.45) is 16.4. The summed E-state index contributed by atoms with van der Waals surface area (Å²) in [5.74, 6) is 1.52. The standard InChI is InChI=1S/C27H47N5O/c1-22(31-21-26-11-5-6-17-30-26)27(33)32-20-24-14-12-23(13-15-24)19-28-16-7-8-18-29-25-9-3-2-4-10-25/h5-6,11,17,22-25,28-29,31H,2-4,7-10,12-16,18-21H2,1H3,(H,32,33)/t22-,23-,24-/m0/s1. The van der Waals surface area contributed by atoms with Gasteiger partial charge < -0.3 is 21.3 Å². The average molecular weight is 458 g/mol. The van der Waals surface area contributed by atoms with Crippen LogP contribution in [0.1, 0.15) is 83.2 Å². The molecule has 4 N–H and O–H groups in total. The Bertz CT molecular complexity index is 641. The summed E-state index contributed by atoms with van der Waals surface area (Å²) >= 11 is 0. The molecule has 2 aliphatic rings. The first-order valence-corrected chi connectivity index (χ1v) is 13.6. The number of unbranched alkanes of at least 4 members (excludes halogenated alkanes) is 1. The molecule has 0 saturated heterocycles. The number of pyridine rings is 1. The van der Waals surface area contributed by atoms with Crippen molar-refractivity contribution < 1.29 is 4.79 Å². The molecule has 0 bridgehead atoms. The lowest BCUT2D eigenvalue weighted by Gasteiger charge is -2.29. The van der Waals surface area contributed by atoms with Gasteiger partial charge in [0, 0.05) is 25.3 Å². The number of nitrogens with one attached hydrogen (secondary N) is 4. The molecule has 0 radical (unpaired) electrons. The van der Waals surface area contributed by atoms with Gasteiger partial charge in [0.2, 0.25) is 5.91 Å². The van der Waals surface area contributed by atoms with E-state index in [-0.39, 0.29) is 11.9 Å². The van der Waals surface area contributed by atoms with Gasteiger partial charge in [-0.25, -0.2) is 0 Å². The van der Waals surface area contributed by atoms with Gasteiger partial charge in [0.1, 0.15) is 0 Å². The normalized spacial score (nSPS) is 22.7. The molecule has 1 aromatic heterocycles. The second kappa shape index (κ2) is 15.4. The molecule has 1 heterocycles. The van der Waals surface area contributed by atoms with Crippen LogP contribution in [0, 0.1) is 11.8 Å². The first-order chi connectivity index (χ1) is 16.2. The number of nitrogens with zero attached hydrogens (tertiary/aromatic N) is 1. The molecule has 0 aliphatic heterocycles. The number of amides is 1. The smallest absolute Gasteiger partial charge is 0.236 e. The zero-order valence-electron chi connectivity index (χ0n) is 20.8. The summed E-state index contributed by atoms with van der Waals surface area (Å²) in [5.41, 5.74) is 0.959. The van der Waals surface area contributed by atoms with Crippen LogP contribution in [0.25, 0.3) is 0 Å². The fourth-order valence-corrected chi connectivity index (χ4v) is 5.18. The van der Waals surface area contributed by atoms with E-state index in [1.807, 2.05) is 25.1 Å². The van der Waals surface area contributed by atoms with Crippen LogP contribution in [0.2, 0.25) is 0 Å². The molecule has 2 saturated carbocycles. The minimum absolute atomic E-state index is 0.0905. The molecule has 6 nitrogen and oxygen atoms in total. The van der Waals surface area contributed by atoms with E-state index in [0.29, 0.717) is 12.5 Å². The predicted molar refractivity (Wildman–Crippen MR) is 136 cm³/mol. The van der Waals surface area contributed by atoms with E-state index < -0.39 is 0 Å². The second-order valence-corrected chi connectivity index (χ2v) is 10.3. The molecule has 2 aliphatic carbocycles. The van der Waals surface area contributed by atoms with Crippen LogP contribution in [0.4, 0.5) is 0 Å². The van der Waals surface area contributed by atoms with Crippen molar-refractivity contribution in [1.29, 1.82) is 0 Å². The quantitative estimate of drug-likeness (QED) is 0.320. The SMILES string of the molecule is C[C@H](NCc1ccccn1)C(=O)NC[C@H]1CC[C@H](CNCCCCNC2CCCCC2)CC1. The number of aromatic nitrogens is 1. The summed E-state index contributed by atoms with van der Waals surface area (Å²) in [5, 5.41) is 13.9. The summed E-state index contributed by atoms with van der Waals surface area (Å²) in [6.45, 7) is 6.83. The van der Waals surface area contributed by atoms with Crippen molar-refractivity contribution in [1.82, 2.24) is 26.3 Å². The van der Waals surface area contributed by atoms with Gasteiger partial charge in [-0.15, -0.1) is 0 Å². The first-order valence-electron chi connectivity index (χ1n) is 13.6. The number of hydrogen-bond donors (Lipinski definition) is 4. The van der Waals surface area contributed by atoms with Gasteiger partial charge >= 0.3 is 0 Å². The third kappa shape index (κ3) is 10.5. The molecule has 6 heteroatoms. The van der Waals surface area contributed by atoms with Gasteiger partial charge in [-0.05, 0) is 102 Å². The van der Waals surface area contributed by atoms with Crippen LogP contribution in [-0.2, 0) is 11.3 Å². The van der Waals surface area contributed by atoms with Gasteiger partial charge in [0.15, 0.2) is 0 Å². The first kappa shape index (κ1) is 26.1. The van der Waals surface area contributed by atoms with E-state index in [4.69, 9.17) is 0 Å². The molecule has 1 aromatic rings. The molecule has 1 amide bonds. The Morgan fingerprint density at radius 3 is 2.42 bits per heavy atom. The molecule has 1 atom stereocenters. The number of carbonyl (C=O) groups is 1. The fraction of sp³-hybridized carbons (Fsp3) is 0.778. The Kier molecular flexibility index (Phi) is 12.2. The van der Waals surface area contributed by atoms with Crippen molar-refractivity contribution in [2.45, 2.75) is 96.2 Å². The maximum atomic E-state index is 12.4. The largest absolute Gasteiger partial charge is 0.354 e. The van der Waals surface area contributed by atoms with Crippen molar-refractivity contribution in [2.24, 2.45) is 11.8 Å². The highest BCUT2D eigenvalue weighted by Crippen LogP contribution is 2.28. The molecular weight excluding hydrogens is 410 g/mol. The van der Waals surface area contributed by atoms with E-state index in [1.165, 1.54) is 77.2 Å². The van der Waals surface area contributed by atoms with E-state index in [1.54, 1.807) is 6.20 Å². The third-order valence-electron chi connectivity index (χ3n) is 7.49. The predicted octanol–water partition coefficient (Wildman–Crippen LogP) is 3.77. The van der Waals surface area contributed by atoms with E-state index >= 15 is 0 Å². The lowest BCUT2D eigenvalue weighted by atomic mass is 9.82. The third-order valence-corrected chi connectivity index (χ3v) is 7.49. The lowest BCUT2D eigenvalue weighted by Crippen LogP contribution is -2.44. The van der Waals surface area contributed by atoms with Crippen molar-refractivity contribution >= 4 is 5.91 Å². The Labute approximate surface area is 201 Å². The zero-order chi connectivity index (χ0) is 23.1. The van der Waals surface area contributed by atoms with Crippen LogP contribution in [-0.4, -0.2) is 49.2 Å². The number of carbonyl (C=O) groups excluding carboxylic acids is 1. The van der Waals surface area contributed by atoms with Crippen LogP contribution in [0.15, 0.2) is 24.4 Å². The minimum atomic E-state index is -0.203. The van der Waals surface area contributed by atoms with Crippen molar-refractivity contribution in [3.63, 3.8) is 0 Å². The minimum Gasteiger partial charge on any atom is -0.354 e. The summed E-state index contributed by atoms with van der Waals surface area (Å²) < 4.78 is 0. The maximum Gasteiger partial charge on any atom is 0.236 e. The molecule has 0 spiro atoms. The number of rotatable bonds is 14. The topological polar surface area (TPSA) is 78.1 Å². The maximum absolute atomic E-state index is 12.4. The van der Waals surface area contributed by atoms with Crippen LogP contribution >= 0.6 is 0 Å². The van der Waals surface area contributed by atoms with Gasteiger partial charge in [0.05, 0.1) is 11.7 Å². The van der Waals surface area contributed by atoms with Crippen LogP contribution in [0.3, 0.4) is 0 Å². The van der Waals surface area contributed by atoms with Crippen molar-refractivity contribution in [3.8, 4) is 0 Å². The van der Waals surface area contributed by atoms with E-state index in [0.717, 1.165) is 37.3 Å². The monoisotopic (exact) mass is 457 g/mol.